The number of nitrogens with zero attached hydrogens (tertiary/aromatic N) is 1. The Kier molecular flexibility index (Phi) is 2.59. The van der Waals surface area contributed by atoms with E-state index in [0.717, 1.165) is 24.1 Å². The molecule has 3 N–H and O–H groups in total. The highest BCUT2D eigenvalue weighted by molar-refractivity contribution is 5.90. The molecule has 0 heterocycles. The molecule has 4 heteroatoms. The van der Waals surface area contributed by atoms with Crippen molar-refractivity contribution in [1.82, 2.24) is 0 Å². The molecule has 1 aromatic rings. The summed E-state index contributed by atoms with van der Waals surface area (Å²) in [6.07, 6.45) is 2.37. The van der Waals surface area contributed by atoms with E-state index in [-0.39, 0.29) is 0 Å². The molecule has 1 aliphatic rings. The first-order chi connectivity index (χ1) is 7.50. The number of benzene rings is 1. The maximum absolute atomic E-state index is 11.0. The SMILES string of the molecule is CN(C(N)=O)c1cccc(CC2(O)CC2)c1. The number of hydrogen-bond acceptors (Lipinski definition) is 2. The molecular formula is C12H16N2O2. The number of nitrogens with two attached hydrogens (primary N) is 1. The van der Waals surface area contributed by atoms with Gasteiger partial charge in [0, 0.05) is 19.2 Å². The first kappa shape index (κ1) is 11.0. The largest absolute Gasteiger partial charge is 0.390 e. The molecular weight excluding hydrogens is 204 g/mol. The minimum atomic E-state index is -0.510. The van der Waals surface area contributed by atoms with Crippen LogP contribution in [0.1, 0.15) is 18.4 Å². The van der Waals surface area contributed by atoms with Gasteiger partial charge in [-0.15, -0.1) is 0 Å². The lowest BCUT2D eigenvalue weighted by atomic mass is 10.1. The van der Waals surface area contributed by atoms with Gasteiger partial charge in [-0.05, 0) is 30.5 Å². The number of primary amides is 1. The monoisotopic (exact) mass is 220 g/mol. The first-order valence-corrected chi connectivity index (χ1v) is 5.35. The predicted molar refractivity (Wildman–Crippen MR) is 62.3 cm³/mol. The average molecular weight is 220 g/mol. The van der Waals surface area contributed by atoms with Gasteiger partial charge in [0.15, 0.2) is 0 Å². The minimum absolute atomic E-state index is 0.484. The molecule has 1 aromatic carbocycles. The third kappa shape index (κ3) is 2.33. The summed E-state index contributed by atoms with van der Waals surface area (Å²) < 4.78 is 0. The Balaban J connectivity index is 2.15. The van der Waals surface area contributed by atoms with Gasteiger partial charge in [-0.25, -0.2) is 4.79 Å². The van der Waals surface area contributed by atoms with Gasteiger partial charge in [0.1, 0.15) is 0 Å². The van der Waals surface area contributed by atoms with Crippen molar-refractivity contribution in [1.29, 1.82) is 0 Å². The van der Waals surface area contributed by atoms with Crippen LogP contribution in [0.25, 0.3) is 0 Å². The molecule has 1 aliphatic carbocycles. The zero-order chi connectivity index (χ0) is 11.8. The van der Waals surface area contributed by atoms with Gasteiger partial charge in [-0.3, -0.25) is 4.90 Å². The summed E-state index contributed by atoms with van der Waals surface area (Å²) in [5.74, 6) is 0. The van der Waals surface area contributed by atoms with Gasteiger partial charge >= 0.3 is 6.03 Å². The summed E-state index contributed by atoms with van der Waals surface area (Å²) in [7, 11) is 1.63. The maximum Gasteiger partial charge on any atom is 0.318 e. The Bertz CT molecular complexity index is 413. The number of anilines is 1. The molecule has 0 saturated heterocycles. The lowest BCUT2D eigenvalue weighted by Gasteiger charge is -2.16. The van der Waals surface area contributed by atoms with Gasteiger partial charge in [0.2, 0.25) is 0 Å². The minimum Gasteiger partial charge on any atom is -0.390 e. The van der Waals surface area contributed by atoms with Crippen LogP contribution < -0.4 is 10.6 Å². The second-order valence-electron chi connectivity index (χ2n) is 4.47. The fraction of sp³-hybridized carbons (Fsp3) is 0.417. The van der Waals surface area contributed by atoms with Crippen LogP contribution in [0, 0.1) is 0 Å². The van der Waals surface area contributed by atoms with E-state index in [1.54, 1.807) is 7.05 Å². The van der Waals surface area contributed by atoms with Gasteiger partial charge in [-0.1, -0.05) is 12.1 Å². The fourth-order valence-electron chi connectivity index (χ4n) is 1.70. The Labute approximate surface area is 94.7 Å². The van der Waals surface area contributed by atoms with E-state index in [1.165, 1.54) is 4.90 Å². The fourth-order valence-corrected chi connectivity index (χ4v) is 1.70. The predicted octanol–water partition coefficient (Wildman–Crippen LogP) is 1.27. The second kappa shape index (κ2) is 3.79. The summed E-state index contributed by atoms with van der Waals surface area (Å²) in [5, 5.41) is 9.82. The summed E-state index contributed by atoms with van der Waals surface area (Å²) in [6, 6.07) is 7.05. The number of amides is 2. The second-order valence-corrected chi connectivity index (χ2v) is 4.47. The highest BCUT2D eigenvalue weighted by atomic mass is 16.3. The number of urea groups is 1. The molecule has 2 amide bonds. The van der Waals surface area contributed by atoms with E-state index >= 15 is 0 Å². The van der Waals surface area contributed by atoms with E-state index in [1.807, 2.05) is 24.3 Å². The number of hydrogen-bond donors (Lipinski definition) is 2. The van der Waals surface area contributed by atoms with Crippen molar-refractivity contribution >= 4 is 11.7 Å². The Hall–Kier alpha value is -1.55. The van der Waals surface area contributed by atoms with Gasteiger partial charge in [0.05, 0.1) is 5.60 Å². The van der Waals surface area contributed by atoms with Gasteiger partial charge in [-0.2, -0.15) is 0 Å². The Morgan fingerprint density at radius 2 is 2.25 bits per heavy atom. The smallest absolute Gasteiger partial charge is 0.318 e. The van der Waals surface area contributed by atoms with Crippen LogP contribution in [0.3, 0.4) is 0 Å². The zero-order valence-corrected chi connectivity index (χ0v) is 9.31. The third-order valence-corrected chi connectivity index (χ3v) is 2.99. The normalized spacial score (nSPS) is 16.9. The number of carbonyl (C=O) groups is 1. The molecule has 16 heavy (non-hydrogen) atoms. The van der Waals surface area contributed by atoms with Crippen molar-refractivity contribution in [2.75, 3.05) is 11.9 Å². The van der Waals surface area contributed by atoms with E-state index in [2.05, 4.69) is 0 Å². The first-order valence-electron chi connectivity index (χ1n) is 5.35. The molecule has 0 aromatic heterocycles. The van der Waals surface area contributed by atoms with Gasteiger partial charge in [0.25, 0.3) is 0 Å². The quantitative estimate of drug-likeness (QED) is 0.805. The molecule has 1 saturated carbocycles. The summed E-state index contributed by atoms with van der Waals surface area (Å²) in [5.41, 5.74) is 6.48. The molecule has 0 bridgehead atoms. The van der Waals surface area contributed by atoms with Crippen molar-refractivity contribution in [2.45, 2.75) is 24.9 Å². The van der Waals surface area contributed by atoms with E-state index in [9.17, 15) is 9.90 Å². The molecule has 0 spiro atoms. The topological polar surface area (TPSA) is 66.6 Å². The lowest BCUT2D eigenvalue weighted by molar-refractivity contribution is 0.151. The molecule has 0 aliphatic heterocycles. The number of carbonyl (C=O) groups excluding carboxylic acids is 1. The highest BCUT2D eigenvalue weighted by Gasteiger charge is 2.40. The van der Waals surface area contributed by atoms with Crippen LogP contribution in [-0.4, -0.2) is 23.8 Å². The molecule has 2 rings (SSSR count). The Morgan fingerprint density at radius 1 is 1.56 bits per heavy atom. The van der Waals surface area contributed by atoms with Crippen LogP contribution in [0.4, 0.5) is 10.5 Å². The van der Waals surface area contributed by atoms with E-state index < -0.39 is 11.6 Å². The zero-order valence-electron chi connectivity index (χ0n) is 9.31. The molecule has 0 radical (unpaired) electrons. The van der Waals surface area contributed by atoms with Crippen molar-refractivity contribution in [2.24, 2.45) is 5.73 Å². The van der Waals surface area contributed by atoms with Crippen molar-refractivity contribution < 1.29 is 9.90 Å². The molecule has 1 fully saturated rings. The number of aliphatic hydroxyl groups is 1. The molecule has 0 atom stereocenters. The van der Waals surface area contributed by atoms with Crippen LogP contribution in [0.15, 0.2) is 24.3 Å². The summed E-state index contributed by atoms with van der Waals surface area (Å²) in [4.78, 5) is 12.4. The van der Waals surface area contributed by atoms with Crippen LogP contribution in [0.2, 0.25) is 0 Å². The number of rotatable bonds is 3. The van der Waals surface area contributed by atoms with E-state index in [4.69, 9.17) is 5.73 Å². The van der Waals surface area contributed by atoms with Crippen LogP contribution >= 0.6 is 0 Å². The molecule has 86 valence electrons. The van der Waals surface area contributed by atoms with E-state index in [0.29, 0.717) is 6.42 Å². The molecule has 0 unspecified atom stereocenters. The Morgan fingerprint density at radius 3 is 2.81 bits per heavy atom. The standard InChI is InChI=1S/C12H16N2O2/c1-14(11(13)15)10-4-2-3-9(7-10)8-12(16)5-6-12/h2-4,7,16H,5-6,8H2,1H3,(H2,13,15). The van der Waals surface area contributed by atoms with Gasteiger partial charge < -0.3 is 10.8 Å². The summed E-state index contributed by atoms with van der Waals surface area (Å²) >= 11 is 0. The maximum atomic E-state index is 11.0. The van der Waals surface area contributed by atoms with Crippen LogP contribution in [0.5, 0.6) is 0 Å². The van der Waals surface area contributed by atoms with Crippen LogP contribution in [-0.2, 0) is 6.42 Å². The van der Waals surface area contributed by atoms with Crippen molar-refractivity contribution in [3.8, 4) is 0 Å². The third-order valence-electron chi connectivity index (χ3n) is 2.99. The summed E-state index contributed by atoms with van der Waals surface area (Å²) in [6.45, 7) is 0. The average Bonchev–Trinajstić information content (AvgIpc) is 2.95. The van der Waals surface area contributed by atoms with Crippen molar-refractivity contribution in [3.05, 3.63) is 29.8 Å². The molecule has 4 nitrogen and oxygen atoms in total. The van der Waals surface area contributed by atoms with Crippen molar-refractivity contribution in [3.63, 3.8) is 0 Å². The lowest BCUT2D eigenvalue weighted by Crippen LogP contribution is -2.31. The highest BCUT2D eigenvalue weighted by Crippen LogP contribution is 2.38.